The first-order valence-corrected chi connectivity index (χ1v) is 34.9. The maximum Gasteiger partial charge on any atom is 0.245 e. The molecule has 0 radical (unpaired) electrons. The third-order valence-electron chi connectivity index (χ3n) is 16.5. The van der Waals surface area contributed by atoms with Crippen LogP contribution in [-0.4, -0.2) is 218 Å². The number of nitrogens with one attached hydrogen (secondary N) is 7. The lowest BCUT2D eigenvalue weighted by Gasteiger charge is -2.32. The third-order valence-corrected chi connectivity index (χ3v) is 17.5. The van der Waals surface area contributed by atoms with Crippen molar-refractivity contribution >= 4 is 92.6 Å². The molecule has 98 heavy (non-hydrogen) atoms. The number of primary amides is 3. The summed E-state index contributed by atoms with van der Waals surface area (Å²) in [6.45, 7) is 3.68. The van der Waals surface area contributed by atoms with Crippen LogP contribution in [0.5, 0.6) is 0 Å². The number of amides is 13. The Balaban J connectivity index is 1.58. The number of guanidine groups is 1. The van der Waals surface area contributed by atoms with E-state index in [4.69, 9.17) is 40.1 Å². The van der Waals surface area contributed by atoms with Crippen molar-refractivity contribution < 1.29 is 70.7 Å². The monoisotopic (exact) mass is 1390 g/mol. The fourth-order valence-corrected chi connectivity index (χ4v) is 12.0. The van der Waals surface area contributed by atoms with E-state index in [0.717, 1.165) is 11.2 Å². The zero-order valence-corrected chi connectivity index (χ0v) is 57.1. The number of likely N-dealkylation sites (tertiary alicyclic amines) is 2. The summed E-state index contributed by atoms with van der Waals surface area (Å²) in [7, 11) is -2.28. The number of carbonyl (C=O) groups is 13. The first-order valence-electron chi connectivity index (χ1n) is 32.9. The molecule has 2 aliphatic heterocycles. The lowest BCUT2D eigenvalue weighted by molar-refractivity contribution is -0.144. The number of nitrogens with zero attached hydrogens (tertiary/aromatic N) is 4. The van der Waals surface area contributed by atoms with Gasteiger partial charge in [-0.05, 0) is 107 Å². The summed E-state index contributed by atoms with van der Waals surface area (Å²) in [5.41, 5.74) is 40.5. The van der Waals surface area contributed by atoms with E-state index in [2.05, 4.69) is 42.2 Å². The zero-order valence-electron chi connectivity index (χ0n) is 56.3. The third kappa shape index (κ3) is 28.0. The van der Waals surface area contributed by atoms with E-state index in [-0.39, 0.29) is 83.0 Å². The molecule has 2 aromatic rings. The average molecular weight is 1390 g/mol. The number of carbonyl (C=O) groups excluding carboxylic acids is 13. The first-order chi connectivity index (χ1) is 46.3. The van der Waals surface area contributed by atoms with Crippen molar-refractivity contribution in [2.75, 3.05) is 51.8 Å². The normalized spacial score (nSPS) is 16.8. The Morgan fingerprint density at radius 3 is 1.53 bits per heavy atom. The molecule has 34 heteroatoms. The summed E-state index contributed by atoms with van der Waals surface area (Å²) in [4.78, 5) is 187. The lowest BCUT2D eigenvalue weighted by atomic mass is 10.0. The molecule has 542 valence electrons. The fraction of sp³-hybridized carbons (Fsp3) is 0.594. The largest absolute Gasteiger partial charge is 0.370 e. The number of hydrogen-bond acceptors (Lipinski definition) is 18. The van der Waals surface area contributed by atoms with Crippen LogP contribution in [0.1, 0.15) is 121 Å². The van der Waals surface area contributed by atoms with Gasteiger partial charge in [-0.3, -0.25) is 67.3 Å². The van der Waals surface area contributed by atoms with Gasteiger partial charge in [-0.15, -0.1) is 0 Å². The number of aliphatic imine (C=N–C) groups is 1. The van der Waals surface area contributed by atoms with Gasteiger partial charge in [0.2, 0.25) is 76.8 Å². The van der Waals surface area contributed by atoms with Crippen LogP contribution >= 0.6 is 0 Å². The van der Waals surface area contributed by atoms with Crippen molar-refractivity contribution in [3.63, 3.8) is 0 Å². The summed E-state index contributed by atoms with van der Waals surface area (Å²) in [5.74, 6) is -11.5. The summed E-state index contributed by atoms with van der Waals surface area (Å²) in [6.07, 6.45) is 1.32. The minimum atomic E-state index is -3.56. The van der Waals surface area contributed by atoms with Crippen LogP contribution in [-0.2, 0) is 85.0 Å². The average Bonchev–Trinajstić information content (AvgIpc) is 1.64. The van der Waals surface area contributed by atoms with Crippen LogP contribution in [0.15, 0.2) is 65.7 Å². The lowest BCUT2D eigenvalue weighted by Crippen LogP contribution is -2.60. The molecule has 13 amide bonds. The first kappa shape index (κ1) is 81.1. The molecule has 2 aromatic carbocycles. The Morgan fingerprint density at radius 1 is 0.561 bits per heavy atom. The summed E-state index contributed by atoms with van der Waals surface area (Å²) < 4.78 is 23.7. The second-order valence-electron chi connectivity index (χ2n) is 25.2. The quantitative estimate of drug-likeness (QED) is 0.0169. The molecule has 0 aromatic heterocycles. The number of sulfone groups is 1. The Hall–Kier alpha value is -9.31. The van der Waals surface area contributed by atoms with Crippen molar-refractivity contribution in [3.05, 3.63) is 71.8 Å². The van der Waals surface area contributed by atoms with Gasteiger partial charge in [-0.25, -0.2) is 8.42 Å². The van der Waals surface area contributed by atoms with Gasteiger partial charge in [0.15, 0.2) is 5.96 Å². The number of hydrogen-bond donors (Lipinski definition) is 14. The molecule has 0 bridgehead atoms. The predicted molar refractivity (Wildman–Crippen MR) is 362 cm³/mol. The molecule has 0 aliphatic carbocycles. The molecule has 10 atom stereocenters. The minimum Gasteiger partial charge on any atom is -0.370 e. The maximum atomic E-state index is 14.8. The highest BCUT2D eigenvalue weighted by atomic mass is 32.2. The number of unbranched alkanes of at least 4 members (excludes halogenated alkanes) is 1. The van der Waals surface area contributed by atoms with Crippen LogP contribution in [0.4, 0.5) is 0 Å². The highest BCUT2D eigenvalue weighted by molar-refractivity contribution is 7.90. The summed E-state index contributed by atoms with van der Waals surface area (Å²) in [6, 6.07) is 3.62. The second-order valence-corrected chi connectivity index (χ2v) is 27.5. The van der Waals surface area contributed by atoms with E-state index in [9.17, 15) is 70.7 Å². The molecule has 2 fully saturated rings. The van der Waals surface area contributed by atoms with Crippen molar-refractivity contribution in [1.82, 2.24) is 51.9 Å². The van der Waals surface area contributed by atoms with Crippen LogP contribution in [0.2, 0.25) is 0 Å². The molecular weight excluding hydrogens is 1290 g/mol. The van der Waals surface area contributed by atoms with Crippen LogP contribution in [0.25, 0.3) is 0 Å². The smallest absolute Gasteiger partial charge is 0.245 e. The molecule has 33 nitrogen and oxygen atoms in total. The predicted octanol–water partition coefficient (Wildman–Crippen LogP) is -4.69. The Labute approximate surface area is 571 Å². The van der Waals surface area contributed by atoms with Gasteiger partial charge < -0.3 is 92.1 Å². The van der Waals surface area contributed by atoms with Crippen molar-refractivity contribution in [2.45, 2.75) is 183 Å². The summed E-state index contributed by atoms with van der Waals surface area (Å²) >= 11 is 0. The maximum absolute atomic E-state index is 14.8. The molecule has 2 aliphatic rings. The van der Waals surface area contributed by atoms with Gasteiger partial charge in [0.25, 0.3) is 0 Å². The van der Waals surface area contributed by atoms with Crippen molar-refractivity contribution in [3.8, 4) is 0 Å². The van der Waals surface area contributed by atoms with E-state index in [1.807, 2.05) is 0 Å². The summed E-state index contributed by atoms with van der Waals surface area (Å²) in [5, 5.41) is 18.3. The van der Waals surface area contributed by atoms with Gasteiger partial charge in [-0.1, -0.05) is 74.5 Å². The molecule has 2 heterocycles. The van der Waals surface area contributed by atoms with Crippen molar-refractivity contribution in [2.24, 2.45) is 51.0 Å². The van der Waals surface area contributed by atoms with Crippen LogP contribution in [0, 0.1) is 5.92 Å². The van der Waals surface area contributed by atoms with Gasteiger partial charge in [-0.2, -0.15) is 0 Å². The Kier molecular flexibility index (Phi) is 33.5. The van der Waals surface area contributed by atoms with Crippen LogP contribution in [0.3, 0.4) is 0 Å². The highest BCUT2D eigenvalue weighted by Crippen LogP contribution is 2.24. The molecular formula is C64H100N18O15S. The van der Waals surface area contributed by atoms with E-state index in [0.29, 0.717) is 49.7 Å². The van der Waals surface area contributed by atoms with Gasteiger partial charge in [0.1, 0.15) is 64.2 Å². The van der Waals surface area contributed by atoms with Gasteiger partial charge in [0, 0.05) is 58.6 Å². The molecule has 21 N–H and O–H groups in total. The molecule has 0 spiro atoms. The molecule has 0 unspecified atom stereocenters. The number of likely N-dealkylation sites (N-methyl/N-ethyl adjacent to an activating group) is 1. The zero-order chi connectivity index (χ0) is 72.8. The minimum absolute atomic E-state index is 0.0509. The van der Waals surface area contributed by atoms with E-state index < -0.39 is 185 Å². The van der Waals surface area contributed by atoms with Gasteiger partial charge >= 0.3 is 0 Å². The fourth-order valence-electron chi connectivity index (χ4n) is 11.4. The van der Waals surface area contributed by atoms with Crippen LogP contribution < -0.4 is 77.4 Å². The van der Waals surface area contributed by atoms with E-state index in [1.54, 1.807) is 74.5 Å². The highest BCUT2D eigenvalue weighted by Gasteiger charge is 2.42. The Bertz CT molecular complexity index is 3230. The SMILES string of the molecule is CC(C)C[C@H](NC(=O)CN(C)C(=O)[C@H](Cc1ccccc1)NC(=O)[C@H](Cc1ccccc1)NC(=O)[C@H](CCC(N)=O)NC(=O)[C@H](CCC(N)=O)NC(=O)[C@@H]1CCCN1C(=O)[C@H](CCCCN)NC(=O)[C@@H]1CCCN1C(=O)[C@@H](N)CCCN=C(N)N)C(=O)N[C@H](CCS(C)(=O)=O)C(N)=O. The Morgan fingerprint density at radius 2 is 1.03 bits per heavy atom. The molecule has 2 saturated heterocycles. The molecule has 0 saturated carbocycles. The van der Waals surface area contributed by atoms with Crippen molar-refractivity contribution in [1.29, 1.82) is 0 Å². The van der Waals surface area contributed by atoms with E-state index in [1.165, 1.54) is 16.8 Å². The standard InChI is InChI=1S/C64H100N18O15S/c1-38(2)34-46(57(89)74-42(54(69)86)28-33-98(4,96)97)73-53(85)37-80(3)62(94)48(36-40-18-9-6-10-19-40)79-58(90)47(35-39-16-7-5-8-17-39)78-56(88)43(24-26-51(67)83)75-55(87)44(25-27-52(68)84)76-59(91)50-23-15-32-82(50)63(95)45(21-11-12-29-65)77-60(92)49-22-14-31-81(49)61(93)41(66)20-13-30-72-64(70)71/h5-10,16-19,38,41-50H,11-15,20-37,65-66H2,1-4H3,(H2,67,83)(H2,68,84)(H2,69,86)(H,73,85)(H,74,89)(H,75,87)(H,76,91)(H,77,92)(H,78,88)(H,79,90)(H4,70,71,72)/t41-,42+,43-,44-,45-,46-,47-,48-,49-,50-/m0/s1. The number of nitrogens with two attached hydrogens (primary N) is 7. The second kappa shape index (κ2) is 40.4. The van der Waals surface area contributed by atoms with E-state index >= 15 is 0 Å². The number of benzene rings is 2. The topological polar surface area (TPSA) is 544 Å². The molecule has 4 rings (SSSR count). The number of rotatable bonds is 42. The van der Waals surface area contributed by atoms with Gasteiger partial charge in [0.05, 0.1) is 18.3 Å².